The van der Waals surface area contributed by atoms with Gasteiger partial charge in [0.25, 0.3) is 5.56 Å². The Kier molecular flexibility index (Phi) is 4.23. The van der Waals surface area contributed by atoms with Crippen molar-refractivity contribution >= 4 is 16.5 Å². The summed E-state index contributed by atoms with van der Waals surface area (Å²) in [5, 5.41) is 10.3. The van der Waals surface area contributed by atoms with Crippen molar-refractivity contribution in [3.8, 4) is 5.69 Å². The van der Waals surface area contributed by atoms with Gasteiger partial charge in [0.05, 0.1) is 22.0 Å². The van der Waals surface area contributed by atoms with E-state index in [1.807, 2.05) is 19.1 Å². The lowest BCUT2D eigenvalue weighted by atomic mass is 9.69. The molecular formula is C27H28N2O2. The number of aromatic nitrogens is 2. The predicted octanol–water partition coefficient (Wildman–Crippen LogP) is 5.04. The Hall–Kier alpha value is -2.72. The Morgan fingerprint density at radius 2 is 2.00 bits per heavy atom. The molecule has 2 heterocycles. The van der Waals surface area contributed by atoms with Crippen LogP contribution in [-0.2, 0) is 5.41 Å². The van der Waals surface area contributed by atoms with Crippen LogP contribution in [0.1, 0.15) is 67.5 Å². The first kappa shape index (κ1) is 19.0. The Morgan fingerprint density at radius 1 is 1.16 bits per heavy atom. The highest BCUT2D eigenvalue weighted by Crippen LogP contribution is 2.52. The van der Waals surface area contributed by atoms with Crippen LogP contribution in [0.4, 0.5) is 0 Å². The summed E-state index contributed by atoms with van der Waals surface area (Å²) in [6, 6.07) is 12.9. The topological polar surface area (TPSA) is 55.1 Å². The van der Waals surface area contributed by atoms with Gasteiger partial charge in [-0.2, -0.15) is 4.98 Å². The zero-order chi connectivity index (χ0) is 21.2. The molecule has 1 unspecified atom stereocenters. The van der Waals surface area contributed by atoms with Gasteiger partial charge < -0.3 is 5.11 Å². The third-order valence-electron chi connectivity index (χ3n) is 7.84. The molecule has 0 saturated heterocycles. The number of benzene rings is 2. The third-order valence-corrected chi connectivity index (χ3v) is 7.84. The third kappa shape index (κ3) is 2.64. The number of aryl methyl sites for hydroxylation is 1. The lowest BCUT2D eigenvalue weighted by molar-refractivity contribution is 0.251. The highest BCUT2D eigenvalue weighted by atomic mass is 16.3. The predicted molar refractivity (Wildman–Crippen MR) is 124 cm³/mol. The summed E-state index contributed by atoms with van der Waals surface area (Å²) in [5.41, 5.74) is 6.81. The van der Waals surface area contributed by atoms with E-state index in [1.54, 1.807) is 0 Å². The summed E-state index contributed by atoms with van der Waals surface area (Å²) in [6.07, 6.45) is 9.96. The molecule has 1 atom stereocenters. The second kappa shape index (κ2) is 6.89. The van der Waals surface area contributed by atoms with E-state index in [-0.39, 0.29) is 23.5 Å². The molecule has 4 heteroatoms. The molecule has 0 radical (unpaired) electrons. The number of aliphatic hydroxyl groups excluding tert-OH is 1. The average Bonchev–Trinajstić information content (AvgIpc) is 3.37. The average molecular weight is 413 g/mol. The monoisotopic (exact) mass is 412 g/mol. The van der Waals surface area contributed by atoms with Gasteiger partial charge in [-0.3, -0.25) is 9.36 Å². The van der Waals surface area contributed by atoms with Crippen LogP contribution in [0.3, 0.4) is 0 Å². The van der Waals surface area contributed by atoms with Crippen LogP contribution >= 0.6 is 0 Å². The van der Waals surface area contributed by atoms with Gasteiger partial charge in [0.1, 0.15) is 5.82 Å². The maximum absolute atomic E-state index is 13.1. The fraction of sp³-hybridized carbons (Fsp3) is 0.407. The molecule has 158 valence electrons. The van der Waals surface area contributed by atoms with Crippen molar-refractivity contribution in [2.24, 2.45) is 5.92 Å². The summed E-state index contributed by atoms with van der Waals surface area (Å²) in [5.74, 6) is 1.21. The van der Waals surface area contributed by atoms with E-state index in [2.05, 4.69) is 34.9 Å². The molecule has 2 aromatic carbocycles. The number of allylic oxidation sites excluding steroid dienone is 1. The van der Waals surface area contributed by atoms with E-state index in [0.717, 1.165) is 48.0 Å². The van der Waals surface area contributed by atoms with Crippen molar-refractivity contribution < 1.29 is 5.11 Å². The van der Waals surface area contributed by atoms with E-state index < -0.39 is 0 Å². The molecule has 0 amide bonds. The van der Waals surface area contributed by atoms with Gasteiger partial charge in [0, 0.05) is 12.5 Å². The van der Waals surface area contributed by atoms with E-state index in [9.17, 15) is 9.90 Å². The van der Waals surface area contributed by atoms with Gasteiger partial charge in [-0.1, -0.05) is 43.5 Å². The van der Waals surface area contributed by atoms with Crippen molar-refractivity contribution in [1.82, 2.24) is 9.55 Å². The van der Waals surface area contributed by atoms with Gasteiger partial charge in [-0.25, -0.2) is 0 Å². The van der Waals surface area contributed by atoms with Crippen molar-refractivity contribution in [2.75, 3.05) is 6.61 Å². The number of rotatable bonds is 2. The van der Waals surface area contributed by atoms with E-state index in [4.69, 9.17) is 4.98 Å². The number of hydrogen-bond acceptors (Lipinski definition) is 3. The summed E-state index contributed by atoms with van der Waals surface area (Å²) < 4.78 is 2.27. The number of nitrogens with zero attached hydrogens (tertiary/aromatic N) is 2. The summed E-state index contributed by atoms with van der Waals surface area (Å²) in [6.45, 7) is 2.22. The quantitative estimate of drug-likeness (QED) is 0.641. The van der Waals surface area contributed by atoms with Gasteiger partial charge in [-0.15, -0.1) is 0 Å². The normalized spacial score (nSPS) is 21.4. The summed E-state index contributed by atoms with van der Waals surface area (Å²) in [4.78, 5) is 17.9. The molecule has 1 aromatic heterocycles. The molecule has 1 aliphatic heterocycles. The lowest BCUT2D eigenvalue weighted by Gasteiger charge is -2.33. The molecule has 31 heavy (non-hydrogen) atoms. The molecule has 4 nitrogen and oxygen atoms in total. The molecular weight excluding hydrogens is 384 g/mol. The van der Waals surface area contributed by atoms with Crippen LogP contribution in [-0.4, -0.2) is 21.3 Å². The Bertz CT molecular complexity index is 1290. The van der Waals surface area contributed by atoms with Crippen LogP contribution in [0, 0.1) is 12.8 Å². The van der Waals surface area contributed by atoms with Crippen LogP contribution in [0.2, 0.25) is 0 Å². The second-order valence-electron chi connectivity index (χ2n) is 9.59. The van der Waals surface area contributed by atoms with Crippen molar-refractivity contribution in [3.63, 3.8) is 0 Å². The lowest BCUT2D eigenvalue weighted by Crippen LogP contribution is -2.32. The highest BCUT2D eigenvalue weighted by Gasteiger charge is 2.46. The standard InChI is InChI=1S/C27H28N2O2/c1-17-6-5-7-23-24(17)25(31)28-26-27(12-3-2-4-13-27)21-15-20(10-11-22(21)29(23)26)19-9-8-18(14-19)16-30/h5-7,10-11,14-15,18,30H,2-4,8-9,12-13,16H2,1H3. The van der Waals surface area contributed by atoms with E-state index in [1.165, 1.54) is 41.6 Å². The first-order chi connectivity index (χ1) is 15.1. The second-order valence-corrected chi connectivity index (χ2v) is 9.59. The molecule has 1 spiro atoms. The molecule has 6 rings (SSSR count). The maximum atomic E-state index is 13.1. The minimum absolute atomic E-state index is 0.0957. The van der Waals surface area contributed by atoms with Crippen molar-refractivity contribution in [2.45, 2.75) is 57.3 Å². The van der Waals surface area contributed by atoms with E-state index in [0.29, 0.717) is 0 Å². The van der Waals surface area contributed by atoms with Crippen LogP contribution in [0.15, 0.2) is 47.3 Å². The highest BCUT2D eigenvalue weighted by molar-refractivity contribution is 5.85. The fourth-order valence-corrected chi connectivity index (χ4v) is 6.26. The molecule has 1 fully saturated rings. The summed E-state index contributed by atoms with van der Waals surface area (Å²) in [7, 11) is 0. The maximum Gasteiger partial charge on any atom is 0.281 e. The zero-order valence-electron chi connectivity index (χ0n) is 18.0. The van der Waals surface area contributed by atoms with Gasteiger partial charge in [0.2, 0.25) is 0 Å². The Balaban J connectivity index is 1.64. The van der Waals surface area contributed by atoms with E-state index >= 15 is 0 Å². The van der Waals surface area contributed by atoms with Crippen LogP contribution < -0.4 is 5.56 Å². The first-order valence-electron chi connectivity index (χ1n) is 11.6. The van der Waals surface area contributed by atoms with Crippen molar-refractivity contribution in [1.29, 1.82) is 0 Å². The Morgan fingerprint density at radius 3 is 2.77 bits per heavy atom. The number of fused-ring (bicyclic) bond motifs is 7. The smallest absolute Gasteiger partial charge is 0.281 e. The largest absolute Gasteiger partial charge is 0.396 e. The van der Waals surface area contributed by atoms with Crippen molar-refractivity contribution in [3.05, 3.63) is 75.3 Å². The molecule has 1 saturated carbocycles. The van der Waals surface area contributed by atoms with Crippen LogP contribution in [0.25, 0.3) is 22.2 Å². The minimum Gasteiger partial charge on any atom is -0.396 e. The number of aliphatic hydroxyl groups is 1. The SMILES string of the molecule is Cc1cccc2c1c(=O)nc1n2-c2ccc(C3=CC(CO)CC3)cc2C12CCCCC2. The zero-order valence-corrected chi connectivity index (χ0v) is 18.0. The Labute approximate surface area is 182 Å². The fourth-order valence-electron chi connectivity index (χ4n) is 6.26. The molecule has 2 aliphatic carbocycles. The molecule has 3 aromatic rings. The number of hydrogen-bond donors (Lipinski definition) is 1. The van der Waals surface area contributed by atoms with Gasteiger partial charge in [-0.05, 0) is 73.1 Å². The molecule has 3 aliphatic rings. The molecule has 1 N–H and O–H groups in total. The first-order valence-corrected chi connectivity index (χ1v) is 11.6. The summed E-state index contributed by atoms with van der Waals surface area (Å²) >= 11 is 0. The van der Waals surface area contributed by atoms with Crippen LogP contribution in [0.5, 0.6) is 0 Å². The van der Waals surface area contributed by atoms with Gasteiger partial charge in [0.15, 0.2) is 0 Å². The van der Waals surface area contributed by atoms with Gasteiger partial charge >= 0.3 is 0 Å². The minimum atomic E-state index is -0.170. The molecule has 0 bridgehead atoms.